The summed E-state index contributed by atoms with van der Waals surface area (Å²) in [6.45, 7) is 7.87. The van der Waals surface area contributed by atoms with E-state index in [4.69, 9.17) is 0 Å². The molecule has 0 fully saturated rings. The van der Waals surface area contributed by atoms with Crippen molar-refractivity contribution in [2.45, 2.75) is 40.3 Å². The Kier molecular flexibility index (Phi) is 8.74. The fraction of sp³-hybridized carbons (Fsp3) is 0.357. The van der Waals surface area contributed by atoms with Gasteiger partial charge in [-0.15, -0.1) is 0 Å². The first-order valence-corrected chi connectivity index (χ1v) is 13.9. The van der Waals surface area contributed by atoms with Crippen LogP contribution in [0.3, 0.4) is 0 Å². The number of carbonyl (C=O) groups excluding carboxylic acids is 2. The van der Waals surface area contributed by atoms with E-state index in [0.717, 1.165) is 32.5 Å². The quantitative estimate of drug-likeness (QED) is 0.446. The van der Waals surface area contributed by atoms with E-state index >= 15 is 0 Å². The second-order valence-corrected chi connectivity index (χ2v) is 11.4. The van der Waals surface area contributed by atoms with Gasteiger partial charge in [-0.2, -0.15) is 0 Å². The zero-order valence-electron chi connectivity index (χ0n) is 21.6. The summed E-state index contributed by atoms with van der Waals surface area (Å²) in [5, 5.41) is 4.49. The Morgan fingerprint density at radius 1 is 0.917 bits per heavy atom. The van der Waals surface area contributed by atoms with Crippen molar-refractivity contribution in [3.63, 3.8) is 0 Å². The summed E-state index contributed by atoms with van der Waals surface area (Å²) >= 11 is 0. The van der Waals surface area contributed by atoms with Crippen LogP contribution < -0.4 is 9.62 Å². The minimum atomic E-state index is -3.80. The lowest BCUT2D eigenvalue weighted by molar-refractivity contribution is -0.139. The first kappa shape index (κ1) is 27.2. The number of nitrogens with one attached hydrogen (secondary N) is 1. The van der Waals surface area contributed by atoms with Crippen LogP contribution in [0.15, 0.2) is 66.7 Å². The van der Waals surface area contributed by atoms with Gasteiger partial charge in [0.05, 0.1) is 11.9 Å². The van der Waals surface area contributed by atoms with E-state index in [2.05, 4.69) is 5.32 Å². The summed E-state index contributed by atoms with van der Waals surface area (Å²) in [5.74, 6) is -0.473. The molecule has 0 aliphatic carbocycles. The summed E-state index contributed by atoms with van der Waals surface area (Å²) < 4.78 is 26.9. The molecule has 7 nitrogen and oxygen atoms in total. The molecular formula is C28H35N3O4S. The molecule has 1 atom stereocenters. The van der Waals surface area contributed by atoms with Gasteiger partial charge in [0.2, 0.25) is 21.8 Å². The van der Waals surface area contributed by atoms with Gasteiger partial charge in [0.1, 0.15) is 12.6 Å². The highest BCUT2D eigenvalue weighted by Crippen LogP contribution is 2.28. The van der Waals surface area contributed by atoms with Crippen molar-refractivity contribution in [2.75, 3.05) is 23.7 Å². The first-order valence-electron chi connectivity index (χ1n) is 12.1. The van der Waals surface area contributed by atoms with Gasteiger partial charge in [0.25, 0.3) is 0 Å². The molecule has 0 spiro atoms. The lowest BCUT2D eigenvalue weighted by atomic mass is 10.1. The summed E-state index contributed by atoms with van der Waals surface area (Å²) in [6.07, 6.45) is 1.09. The van der Waals surface area contributed by atoms with Gasteiger partial charge >= 0.3 is 0 Å². The highest BCUT2D eigenvalue weighted by atomic mass is 32.2. The van der Waals surface area contributed by atoms with E-state index < -0.39 is 28.5 Å². The minimum absolute atomic E-state index is 0.189. The Morgan fingerprint density at radius 2 is 1.56 bits per heavy atom. The molecule has 8 heteroatoms. The van der Waals surface area contributed by atoms with E-state index in [9.17, 15) is 18.0 Å². The molecule has 0 heterocycles. The molecule has 1 N–H and O–H groups in total. The molecule has 2 amide bonds. The minimum Gasteiger partial charge on any atom is -0.354 e. The summed E-state index contributed by atoms with van der Waals surface area (Å²) in [6, 6.07) is 19.7. The van der Waals surface area contributed by atoms with E-state index in [1.54, 1.807) is 19.1 Å². The normalized spacial score (nSPS) is 12.4. The largest absolute Gasteiger partial charge is 0.354 e. The van der Waals surface area contributed by atoms with Gasteiger partial charge in [0.15, 0.2) is 0 Å². The van der Waals surface area contributed by atoms with Crippen LogP contribution in [0, 0.1) is 12.8 Å². The van der Waals surface area contributed by atoms with Crippen molar-refractivity contribution >= 4 is 38.3 Å². The Labute approximate surface area is 214 Å². The van der Waals surface area contributed by atoms with Crippen molar-refractivity contribution in [1.29, 1.82) is 0 Å². The highest BCUT2D eigenvalue weighted by Gasteiger charge is 2.30. The standard InChI is InChI=1S/C28H35N3O4S/c1-20(2)17-29-28(33)22(4)30(18-24-13-7-6-11-21(24)3)27(32)19-31(36(5,34)35)26-16-10-14-23-12-8-9-15-25(23)26/h6-16,20,22H,17-19H2,1-5H3,(H,29,33)/t22-/m0/s1. The number of amides is 2. The smallest absolute Gasteiger partial charge is 0.244 e. The van der Waals surface area contributed by atoms with Gasteiger partial charge in [-0.1, -0.05) is 74.5 Å². The fourth-order valence-corrected chi connectivity index (χ4v) is 4.89. The number of nitrogens with zero attached hydrogens (tertiary/aromatic N) is 2. The molecule has 0 aliphatic heterocycles. The number of anilines is 1. The van der Waals surface area contributed by atoms with Crippen LogP contribution in [0.5, 0.6) is 0 Å². The maximum absolute atomic E-state index is 13.7. The number of aryl methyl sites for hydroxylation is 1. The molecule has 0 saturated heterocycles. The Morgan fingerprint density at radius 3 is 2.22 bits per heavy atom. The van der Waals surface area contributed by atoms with E-state index in [1.807, 2.05) is 75.4 Å². The average molecular weight is 510 g/mol. The molecular weight excluding hydrogens is 474 g/mol. The molecule has 3 aromatic carbocycles. The van der Waals surface area contributed by atoms with Crippen molar-refractivity contribution in [1.82, 2.24) is 10.2 Å². The maximum Gasteiger partial charge on any atom is 0.244 e. The number of hydrogen-bond donors (Lipinski definition) is 1. The van der Waals surface area contributed by atoms with Crippen LogP contribution in [0.25, 0.3) is 10.8 Å². The molecule has 0 saturated carbocycles. The van der Waals surface area contributed by atoms with Crippen molar-refractivity contribution in [2.24, 2.45) is 5.92 Å². The Balaban J connectivity index is 1.98. The number of hydrogen-bond acceptors (Lipinski definition) is 4. The van der Waals surface area contributed by atoms with E-state index in [0.29, 0.717) is 12.2 Å². The lowest BCUT2D eigenvalue weighted by Crippen LogP contribution is -2.51. The highest BCUT2D eigenvalue weighted by molar-refractivity contribution is 7.92. The van der Waals surface area contributed by atoms with Crippen LogP contribution in [0.1, 0.15) is 31.9 Å². The lowest BCUT2D eigenvalue weighted by Gasteiger charge is -2.32. The molecule has 0 bridgehead atoms. The molecule has 0 radical (unpaired) electrons. The van der Waals surface area contributed by atoms with Gasteiger partial charge in [-0.05, 0) is 42.3 Å². The second-order valence-electron chi connectivity index (χ2n) is 9.53. The number of carbonyl (C=O) groups is 2. The predicted octanol–water partition coefficient (Wildman–Crippen LogP) is 4.10. The van der Waals surface area contributed by atoms with Crippen LogP contribution in [0.2, 0.25) is 0 Å². The zero-order valence-corrected chi connectivity index (χ0v) is 22.4. The maximum atomic E-state index is 13.7. The zero-order chi connectivity index (χ0) is 26.5. The van der Waals surface area contributed by atoms with Crippen LogP contribution in [0.4, 0.5) is 5.69 Å². The molecule has 36 heavy (non-hydrogen) atoms. The fourth-order valence-electron chi connectivity index (χ4n) is 4.03. The molecule has 192 valence electrons. The molecule has 3 aromatic rings. The van der Waals surface area contributed by atoms with E-state index in [-0.39, 0.29) is 18.4 Å². The van der Waals surface area contributed by atoms with E-state index in [1.165, 1.54) is 4.90 Å². The number of rotatable bonds is 10. The third kappa shape index (κ3) is 6.63. The van der Waals surface area contributed by atoms with Crippen molar-refractivity contribution in [3.05, 3.63) is 77.9 Å². The monoisotopic (exact) mass is 509 g/mol. The average Bonchev–Trinajstić information content (AvgIpc) is 2.83. The Bertz CT molecular complexity index is 1330. The van der Waals surface area contributed by atoms with Crippen LogP contribution >= 0.6 is 0 Å². The molecule has 3 rings (SSSR count). The number of fused-ring (bicyclic) bond motifs is 1. The summed E-state index contributed by atoms with van der Waals surface area (Å²) in [5.41, 5.74) is 2.31. The molecule has 0 aliphatic rings. The third-order valence-corrected chi connectivity index (χ3v) is 7.29. The first-order chi connectivity index (χ1) is 17.0. The molecule has 0 unspecified atom stereocenters. The summed E-state index contributed by atoms with van der Waals surface area (Å²) in [4.78, 5) is 28.2. The van der Waals surface area contributed by atoms with Crippen LogP contribution in [-0.4, -0.2) is 50.5 Å². The van der Waals surface area contributed by atoms with Gasteiger partial charge in [-0.3, -0.25) is 13.9 Å². The van der Waals surface area contributed by atoms with Gasteiger partial charge < -0.3 is 10.2 Å². The van der Waals surface area contributed by atoms with Crippen LogP contribution in [-0.2, 0) is 26.2 Å². The topological polar surface area (TPSA) is 86.8 Å². The number of sulfonamides is 1. The van der Waals surface area contributed by atoms with Crippen molar-refractivity contribution < 1.29 is 18.0 Å². The Hall–Kier alpha value is -3.39. The summed E-state index contributed by atoms with van der Waals surface area (Å²) in [7, 11) is -3.80. The van der Waals surface area contributed by atoms with Gasteiger partial charge in [-0.25, -0.2) is 8.42 Å². The predicted molar refractivity (Wildman–Crippen MR) is 145 cm³/mol. The van der Waals surface area contributed by atoms with Crippen molar-refractivity contribution in [3.8, 4) is 0 Å². The SMILES string of the molecule is Cc1ccccc1CN(C(=O)CN(c1cccc2ccccc12)S(C)(=O)=O)[C@@H](C)C(=O)NCC(C)C. The van der Waals surface area contributed by atoms with Gasteiger partial charge in [0, 0.05) is 18.5 Å². The third-order valence-electron chi connectivity index (χ3n) is 6.17. The second kappa shape index (κ2) is 11.6. The number of benzene rings is 3. The molecule has 0 aromatic heterocycles.